The maximum Gasteiger partial charge on any atom is 0.372 e. The number of carbonyl (C=O) groups excluding carboxylic acids is 1. The molecular weight excluding hydrogens is 180 g/mol. The Kier molecular flexibility index (Phi) is 3.02. The van der Waals surface area contributed by atoms with Gasteiger partial charge < -0.3 is 5.11 Å². The highest BCUT2D eigenvalue weighted by Crippen LogP contribution is 2.17. The van der Waals surface area contributed by atoms with Crippen molar-refractivity contribution >= 4 is 11.8 Å². The van der Waals surface area contributed by atoms with E-state index in [-0.39, 0.29) is 0 Å². The minimum Gasteiger partial charge on any atom is -0.475 e. The number of carboxylic acids is 1. The lowest BCUT2D eigenvalue weighted by atomic mass is 9.95. The quantitative estimate of drug-likeness (QED) is 0.742. The maximum atomic E-state index is 11.2. The Labute approximate surface area is 82.4 Å². The lowest BCUT2D eigenvalue weighted by Crippen LogP contribution is -2.19. The average Bonchev–Trinajstić information content (AvgIpc) is 2.15. The number of aryl methyl sites for hydroxylation is 1. The minimum atomic E-state index is -1.38. The predicted molar refractivity (Wildman–Crippen MR) is 52.2 cm³/mol. The first kappa shape index (κ1) is 10.4. The van der Waals surface area contributed by atoms with Crippen LogP contribution in [0.5, 0.6) is 0 Å². The molecule has 14 heavy (non-hydrogen) atoms. The van der Waals surface area contributed by atoms with Crippen LogP contribution in [-0.4, -0.2) is 16.9 Å². The van der Waals surface area contributed by atoms with Crippen LogP contribution in [0.1, 0.15) is 24.0 Å². The molecule has 1 aromatic rings. The van der Waals surface area contributed by atoms with Crippen LogP contribution >= 0.6 is 0 Å². The third-order valence-electron chi connectivity index (χ3n) is 2.15. The second-order valence-corrected chi connectivity index (χ2v) is 3.31. The number of carbonyl (C=O) groups is 2. The van der Waals surface area contributed by atoms with Gasteiger partial charge in [0.25, 0.3) is 0 Å². The summed E-state index contributed by atoms with van der Waals surface area (Å²) in [5, 5.41) is 8.53. The maximum absolute atomic E-state index is 11.2. The Morgan fingerprint density at radius 3 is 2.50 bits per heavy atom. The number of rotatable bonds is 3. The molecule has 74 valence electrons. The third kappa shape index (κ3) is 2.19. The van der Waals surface area contributed by atoms with Crippen molar-refractivity contribution in [2.75, 3.05) is 0 Å². The van der Waals surface area contributed by atoms with E-state index in [1.165, 1.54) is 0 Å². The second kappa shape index (κ2) is 4.05. The van der Waals surface area contributed by atoms with Gasteiger partial charge in [-0.15, -0.1) is 0 Å². The Bertz CT molecular complexity index is 369. The van der Waals surface area contributed by atoms with Crippen LogP contribution in [0.2, 0.25) is 0 Å². The molecule has 0 heterocycles. The molecule has 0 aliphatic heterocycles. The van der Waals surface area contributed by atoms with E-state index in [4.69, 9.17) is 5.11 Å². The van der Waals surface area contributed by atoms with Gasteiger partial charge in [0.05, 0.1) is 5.92 Å². The van der Waals surface area contributed by atoms with Crippen LogP contribution in [0.25, 0.3) is 0 Å². The highest BCUT2D eigenvalue weighted by Gasteiger charge is 2.21. The van der Waals surface area contributed by atoms with E-state index in [1.54, 1.807) is 13.0 Å². The van der Waals surface area contributed by atoms with Crippen molar-refractivity contribution in [2.24, 2.45) is 0 Å². The molecule has 3 heteroatoms. The van der Waals surface area contributed by atoms with Gasteiger partial charge in [0.1, 0.15) is 0 Å². The molecule has 0 saturated heterocycles. The van der Waals surface area contributed by atoms with Crippen molar-refractivity contribution < 1.29 is 14.7 Å². The summed E-state index contributed by atoms with van der Waals surface area (Å²) >= 11 is 0. The minimum absolute atomic E-state index is 0.576. The zero-order valence-electron chi connectivity index (χ0n) is 8.15. The Morgan fingerprint density at radius 2 is 2.00 bits per heavy atom. The Morgan fingerprint density at radius 1 is 1.36 bits per heavy atom. The first-order valence-corrected chi connectivity index (χ1v) is 4.36. The molecule has 0 saturated carbocycles. The van der Waals surface area contributed by atoms with Crippen molar-refractivity contribution in [2.45, 2.75) is 19.8 Å². The number of hydrogen-bond donors (Lipinski definition) is 1. The molecule has 0 fully saturated rings. The lowest BCUT2D eigenvalue weighted by Gasteiger charge is -2.08. The zero-order chi connectivity index (χ0) is 10.7. The van der Waals surface area contributed by atoms with Crippen molar-refractivity contribution in [1.82, 2.24) is 0 Å². The molecule has 1 atom stereocenters. The molecule has 0 spiro atoms. The molecular formula is C11H12O3. The van der Waals surface area contributed by atoms with Gasteiger partial charge in [-0.05, 0) is 12.5 Å². The largest absolute Gasteiger partial charge is 0.475 e. The fourth-order valence-electron chi connectivity index (χ4n) is 1.28. The second-order valence-electron chi connectivity index (χ2n) is 3.31. The van der Waals surface area contributed by atoms with Gasteiger partial charge >= 0.3 is 5.97 Å². The molecule has 1 aromatic carbocycles. The van der Waals surface area contributed by atoms with Gasteiger partial charge in [-0.2, -0.15) is 0 Å². The van der Waals surface area contributed by atoms with Gasteiger partial charge in [-0.1, -0.05) is 36.8 Å². The number of ketones is 1. The van der Waals surface area contributed by atoms with Crippen LogP contribution in [0, 0.1) is 6.92 Å². The number of hydrogen-bond acceptors (Lipinski definition) is 2. The zero-order valence-corrected chi connectivity index (χ0v) is 8.15. The molecule has 0 radical (unpaired) electrons. The highest BCUT2D eigenvalue weighted by molar-refractivity contribution is 6.34. The van der Waals surface area contributed by atoms with Crippen LogP contribution in [0.4, 0.5) is 0 Å². The molecule has 0 bridgehead atoms. The molecule has 0 amide bonds. The predicted octanol–water partition coefficient (Wildman–Crippen LogP) is 1.75. The number of benzene rings is 1. The van der Waals surface area contributed by atoms with E-state index in [0.717, 1.165) is 11.1 Å². The van der Waals surface area contributed by atoms with Crippen LogP contribution < -0.4 is 0 Å². The third-order valence-corrected chi connectivity index (χ3v) is 2.15. The van der Waals surface area contributed by atoms with Gasteiger partial charge in [-0.3, -0.25) is 4.79 Å². The first-order chi connectivity index (χ1) is 6.52. The summed E-state index contributed by atoms with van der Waals surface area (Å²) < 4.78 is 0. The van der Waals surface area contributed by atoms with Gasteiger partial charge in [0.15, 0.2) is 0 Å². The van der Waals surface area contributed by atoms with Gasteiger partial charge in [0.2, 0.25) is 5.78 Å². The summed E-state index contributed by atoms with van der Waals surface area (Å²) in [5.74, 6) is -2.72. The van der Waals surface area contributed by atoms with Crippen LogP contribution in [0.15, 0.2) is 24.3 Å². The highest BCUT2D eigenvalue weighted by atomic mass is 16.4. The molecule has 1 rings (SSSR count). The summed E-state index contributed by atoms with van der Waals surface area (Å²) in [4.78, 5) is 21.6. The summed E-state index contributed by atoms with van der Waals surface area (Å²) in [6.45, 7) is 3.51. The van der Waals surface area contributed by atoms with E-state index < -0.39 is 17.7 Å². The van der Waals surface area contributed by atoms with Crippen LogP contribution in [0.3, 0.4) is 0 Å². The van der Waals surface area contributed by atoms with Crippen molar-refractivity contribution in [3.63, 3.8) is 0 Å². The fourth-order valence-corrected chi connectivity index (χ4v) is 1.28. The number of aliphatic carboxylic acids is 1. The monoisotopic (exact) mass is 192 g/mol. The van der Waals surface area contributed by atoms with Crippen LogP contribution in [-0.2, 0) is 9.59 Å². The Hall–Kier alpha value is -1.64. The SMILES string of the molecule is Cc1cccc(C(C)C(=O)C(=O)O)c1. The molecule has 1 unspecified atom stereocenters. The standard InChI is InChI=1S/C11H12O3/c1-7-4-3-5-9(6-7)8(2)10(12)11(13)14/h3-6,8H,1-2H3,(H,13,14). The van der Waals surface area contributed by atoms with Crippen molar-refractivity contribution in [3.05, 3.63) is 35.4 Å². The van der Waals surface area contributed by atoms with E-state index >= 15 is 0 Å². The summed E-state index contributed by atoms with van der Waals surface area (Å²) in [7, 11) is 0. The first-order valence-electron chi connectivity index (χ1n) is 4.36. The summed E-state index contributed by atoms with van der Waals surface area (Å²) in [5.41, 5.74) is 1.77. The molecule has 0 aromatic heterocycles. The molecule has 0 aliphatic rings. The van der Waals surface area contributed by atoms with Crippen molar-refractivity contribution in [3.8, 4) is 0 Å². The van der Waals surface area contributed by atoms with E-state index in [0.29, 0.717) is 0 Å². The van der Waals surface area contributed by atoms with Crippen molar-refractivity contribution in [1.29, 1.82) is 0 Å². The van der Waals surface area contributed by atoms with E-state index in [1.807, 2.05) is 25.1 Å². The Balaban J connectivity index is 2.95. The topological polar surface area (TPSA) is 54.4 Å². The molecule has 3 nitrogen and oxygen atoms in total. The van der Waals surface area contributed by atoms with E-state index in [2.05, 4.69) is 0 Å². The normalized spacial score (nSPS) is 12.1. The average molecular weight is 192 g/mol. The summed E-state index contributed by atoms with van der Waals surface area (Å²) in [6, 6.07) is 7.31. The van der Waals surface area contributed by atoms with Gasteiger partial charge in [0, 0.05) is 0 Å². The fraction of sp³-hybridized carbons (Fsp3) is 0.273. The van der Waals surface area contributed by atoms with E-state index in [9.17, 15) is 9.59 Å². The lowest BCUT2D eigenvalue weighted by molar-refractivity contribution is -0.149. The smallest absolute Gasteiger partial charge is 0.372 e. The number of carboxylic acid groups (broad SMARTS) is 1. The van der Waals surface area contributed by atoms with Gasteiger partial charge in [-0.25, -0.2) is 4.79 Å². The summed E-state index contributed by atoms with van der Waals surface area (Å²) in [6.07, 6.45) is 0. The molecule has 1 N–H and O–H groups in total. The molecule has 0 aliphatic carbocycles. The number of Topliss-reactive ketones (excluding diaryl/α,β-unsaturated/α-hetero) is 1.